The molecule has 0 bridgehead atoms. The van der Waals surface area contributed by atoms with Crippen molar-refractivity contribution in [3.05, 3.63) is 358 Å². The monoisotopic (exact) mass is 1240 g/mol. The Morgan fingerprint density at radius 2 is 0.198 bits per heavy atom. The molecule has 0 aliphatic rings. The first-order valence-electron chi connectivity index (χ1n) is 31.2. The van der Waals surface area contributed by atoms with E-state index in [-0.39, 0.29) is 0 Å². The van der Waals surface area contributed by atoms with E-state index in [9.17, 15) is 0 Å². The molecule has 456 valence electrons. The van der Waals surface area contributed by atoms with Gasteiger partial charge in [-0.2, -0.15) is 0 Å². The van der Waals surface area contributed by atoms with Gasteiger partial charge in [-0.15, -0.1) is 0 Å². The average molecular weight is 1250 g/mol. The maximum atomic E-state index is 8.42. The van der Waals surface area contributed by atoms with Crippen LogP contribution in [0.1, 0.15) is 66.8 Å². The van der Waals surface area contributed by atoms with Crippen molar-refractivity contribution in [3.63, 3.8) is 0 Å². The summed E-state index contributed by atoms with van der Waals surface area (Å²) in [6.07, 6.45) is 0. The Bertz CT molecular complexity index is 3220. The van der Waals surface area contributed by atoms with E-state index in [1.165, 1.54) is 130 Å². The zero-order chi connectivity index (χ0) is 64.9. The second-order valence-electron chi connectivity index (χ2n) is 24.3. The quantitative estimate of drug-likeness (QED) is 0.0904. The molecule has 12 aromatic rings. The number of hydrogen-bond donors (Lipinski definition) is 0. The molecular formula is C84H84BO3P3. The van der Waals surface area contributed by atoms with E-state index in [1.54, 1.807) is 0 Å². The van der Waals surface area contributed by atoms with Crippen LogP contribution in [0, 0.1) is 83.1 Å². The number of benzene rings is 12. The van der Waals surface area contributed by atoms with E-state index >= 15 is 0 Å². The third-order valence-corrected chi connectivity index (χ3v) is 29.9. The zero-order valence-electron chi connectivity index (χ0n) is 54.9. The van der Waals surface area contributed by atoms with E-state index < -0.39 is 29.1 Å². The summed E-state index contributed by atoms with van der Waals surface area (Å²) < 4.78 is 0. The molecule has 0 heterocycles. The van der Waals surface area contributed by atoms with E-state index in [0.717, 1.165) is 0 Å². The highest BCUT2D eigenvalue weighted by atomic mass is 31.2. The van der Waals surface area contributed by atoms with Crippen LogP contribution in [0.4, 0.5) is 0 Å². The van der Waals surface area contributed by atoms with Crippen molar-refractivity contribution >= 4 is 92.8 Å². The SMILES string of the molecule is Cc1ccc([P+](c2ccc(C)cc2)(c2ccc(C)cc2)c2ccc(C)cc2)cc1.Cc1ccc([P+](c2ccc(C)cc2)(c2ccc(C)cc2)c2ccc(C)cc2)cc1.Cc1ccc([P+](c2ccc(C)cc2)(c2ccc(C)cc2)c2ccc(C)cc2)cc1.[O-]B([O-])[O-]. The fraction of sp³-hybridized carbons (Fsp3) is 0.143. The maximum Gasteiger partial charge on any atom is 0.144 e. The van der Waals surface area contributed by atoms with Crippen LogP contribution in [0.2, 0.25) is 0 Å². The molecule has 0 aromatic heterocycles. The predicted octanol–water partition coefficient (Wildman–Crippen LogP) is 12.7. The molecule has 7 heteroatoms. The van der Waals surface area contributed by atoms with Gasteiger partial charge in [0.25, 0.3) is 0 Å². The van der Waals surface area contributed by atoms with Gasteiger partial charge in [-0.1, -0.05) is 212 Å². The molecule has 0 aliphatic carbocycles. The first-order valence-corrected chi connectivity index (χ1v) is 36.6. The van der Waals surface area contributed by atoms with Crippen LogP contribution in [0.15, 0.2) is 291 Å². The van der Waals surface area contributed by atoms with Crippen molar-refractivity contribution in [1.29, 1.82) is 0 Å². The minimum atomic E-state index is -2.92. The fourth-order valence-corrected chi connectivity index (χ4v) is 24.4. The largest absolute Gasteiger partial charge is 0.907 e. The molecule has 12 aromatic carbocycles. The smallest absolute Gasteiger partial charge is 0.144 e. The summed E-state index contributed by atoms with van der Waals surface area (Å²) in [6, 6.07) is 110. The predicted molar refractivity (Wildman–Crippen MR) is 396 cm³/mol. The van der Waals surface area contributed by atoms with E-state index in [1.807, 2.05) is 0 Å². The second kappa shape index (κ2) is 30.3. The highest BCUT2D eigenvalue weighted by molar-refractivity contribution is 8.02. The zero-order valence-corrected chi connectivity index (χ0v) is 57.5. The summed E-state index contributed by atoms with van der Waals surface area (Å²) in [5, 5.41) is 42.1. The lowest BCUT2D eigenvalue weighted by atomic mass is 10.2. The molecule has 0 N–H and O–H groups in total. The van der Waals surface area contributed by atoms with Crippen LogP contribution in [-0.4, -0.2) is 7.32 Å². The Morgan fingerprint density at radius 1 is 0.143 bits per heavy atom. The molecule has 12 rings (SSSR count). The molecule has 3 nitrogen and oxygen atoms in total. The Hall–Kier alpha value is -8.13. The summed E-state index contributed by atoms with van der Waals surface area (Å²) in [5.74, 6) is 0. The topological polar surface area (TPSA) is 69.2 Å². The van der Waals surface area contributed by atoms with Crippen molar-refractivity contribution < 1.29 is 15.1 Å². The van der Waals surface area contributed by atoms with Gasteiger partial charge in [0.2, 0.25) is 0 Å². The third-order valence-electron chi connectivity index (χ3n) is 17.1. The summed E-state index contributed by atoms with van der Waals surface area (Å²) in [7, 11) is -8.87. The lowest BCUT2D eigenvalue weighted by Crippen LogP contribution is -2.56. The molecule has 0 saturated carbocycles. The summed E-state index contributed by atoms with van der Waals surface area (Å²) >= 11 is 0. The van der Waals surface area contributed by atoms with Gasteiger partial charge in [0, 0.05) is 0 Å². The molecule has 0 spiro atoms. The lowest BCUT2D eigenvalue weighted by Gasteiger charge is -2.35. The number of aryl methyl sites for hydroxylation is 12. The molecular weight excluding hydrogens is 1160 g/mol. The highest BCUT2D eigenvalue weighted by Crippen LogP contribution is 2.57. The standard InChI is InChI=1S/3C28H28P.BO3/c3*1-21-5-13-25(14-6-21)29(26-15-7-22(2)8-16-26,27-17-9-23(3)10-18-27)28-19-11-24(4)12-20-28;2-1(3)4/h3*5-20H,1-4H3;/q3*+1;-3. The van der Waals surface area contributed by atoms with Crippen LogP contribution >= 0.6 is 21.8 Å². The third kappa shape index (κ3) is 15.4. The fourth-order valence-electron chi connectivity index (χ4n) is 11.9. The van der Waals surface area contributed by atoms with Crippen LogP contribution in [0.5, 0.6) is 0 Å². The number of hydrogen-bond acceptors (Lipinski definition) is 3. The Kier molecular flexibility index (Phi) is 22.4. The van der Waals surface area contributed by atoms with Gasteiger partial charge >= 0.3 is 0 Å². The first-order chi connectivity index (χ1) is 43.7. The van der Waals surface area contributed by atoms with Gasteiger partial charge in [-0.05, 0) is 229 Å². The Morgan fingerprint density at radius 3 is 0.253 bits per heavy atom. The number of rotatable bonds is 12. The van der Waals surface area contributed by atoms with Crippen LogP contribution in [0.3, 0.4) is 0 Å². The Labute approximate surface area is 545 Å². The maximum absolute atomic E-state index is 8.42. The minimum Gasteiger partial charge on any atom is -0.907 e. The normalized spacial score (nSPS) is 11.2. The van der Waals surface area contributed by atoms with Crippen LogP contribution < -0.4 is 78.7 Å². The lowest BCUT2D eigenvalue weighted by molar-refractivity contribution is -0.479. The molecule has 0 unspecified atom stereocenters. The first kappa shape index (κ1) is 67.3. The van der Waals surface area contributed by atoms with Crippen LogP contribution in [-0.2, 0) is 0 Å². The summed E-state index contributed by atoms with van der Waals surface area (Å²) in [5.41, 5.74) is 15.5. The van der Waals surface area contributed by atoms with Gasteiger partial charge in [-0.25, -0.2) is 0 Å². The van der Waals surface area contributed by atoms with E-state index in [4.69, 9.17) is 15.1 Å². The Balaban J connectivity index is 0.000000157. The molecule has 0 fully saturated rings. The van der Waals surface area contributed by atoms with Crippen molar-refractivity contribution in [2.24, 2.45) is 0 Å². The van der Waals surface area contributed by atoms with Gasteiger partial charge in [0.05, 0.1) is 0 Å². The minimum absolute atomic E-state index is 1.29. The molecule has 0 amide bonds. The average Bonchev–Trinajstić information content (AvgIpc) is 1.76. The molecule has 91 heavy (non-hydrogen) atoms. The molecule has 0 radical (unpaired) electrons. The van der Waals surface area contributed by atoms with Gasteiger partial charge in [0.1, 0.15) is 85.4 Å². The molecule has 0 saturated heterocycles. The van der Waals surface area contributed by atoms with Crippen molar-refractivity contribution in [2.75, 3.05) is 0 Å². The van der Waals surface area contributed by atoms with Crippen molar-refractivity contribution in [2.45, 2.75) is 83.1 Å². The summed E-state index contributed by atoms with van der Waals surface area (Å²) in [6.45, 7) is 25.9. The van der Waals surface area contributed by atoms with Crippen molar-refractivity contribution in [1.82, 2.24) is 0 Å². The summed E-state index contributed by atoms with van der Waals surface area (Å²) in [4.78, 5) is 0. The van der Waals surface area contributed by atoms with Gasteiger partial charge in [-0.3, -0.25) is 7.32 Å². The van der Waals surface area contributed by atoms with Gasteiger partial charge in [0.15, 0.2) is 0 Å². The van der Waals surface area contributed by atoms with Gasteiger partial charge < -0.3 is 15.1 Å². The second-order valence-corrected chi connectivity index (χ2v) is 34.5. The van der Waals surface area contributed by atoms with Crippen LogP contribution in [0.25, 0.3) is 0 Å². The van der Waals surface area contributed by atoms with E-state index in [0.29, 0.717) is 0 Å². The highest BCUT2D eigenvalue weighted by Gasteiger charge is 2.50. The van der Waals surface area contributed by atoms with Crippen molar-refractivity contribution in [3.8, 4) is 0 Å². The molecule has 0 atom stereocenters. The molecule has 0 aliphatic heterocycles. The van der Waals surface area contributed by atoms with E-state index in [2.05, 4.69) is 374 Å².